The molecular formula is C15H17F3N2S. The van der Waals surface area contributed by atoms with E-state index in [0.717, 1.165) is 16.8 Å². The zero-order valence-corrected chi connectivity index (χ0v) is 12.9. The average Bonchev–Trinajstić information content (AvgIpc) is 2.84. The number of nitrogens with one attached hydrogen (secondary N) is 1. The molecule has 0 aliphatic rings. The third-order valence-electron chi connectivity index (χ3n) is 2.89. The minimum absolute atomic E-state index is 0.0488. The summed E-state index contributed by atoms with van der Waals surface area (Å²) in [4.78, 5) is 4.46. The first kappa shape index (κ1) is 15.8. The molecule has 0 fully saturated rings. The molecule has 0 amide bonds. The van der Waals surface area contributed by atoms with Crippen molar-refractivity contribution in [3.8, 4) is 0 Å². The highest BCUT2D eigenvalue weighted by atomic mass is 32.1. The molecule has 1 heterocycles. The van der Waals surface area contributed by atoms with E-state index in [0.29, 0.717) is 0 Å². The molecule has 2 nitrogen and oxygen atoms in total. The Balaban J connectivity index is 2.12. The Morgan fingerprint density at radius 2 is 1.81 bits per heavy atom. The first-order chi connectivity index (χ1) is 9.68. The molecule has 6 heteroatoms. The molecule has 0 atom stereocenters. The van der Waals surface area contributed by atoms with Gasteiger partial charge in [-0.05, 0) is 12.1 Å². The zero-order chi connectivity index (χ0) is 15.7. The maximum Gasteiger partial charge on any atom is 0.418 e. The fourth-order valence-electron chi connectivity index (χ4n) is 1.80. The number of nitrogens with zero attached hydrogens (tertiary/aromatic N) is 1. The Kier molecular flexibility index (Phi) is 4.27. The number of hydrogen-bond acceptors (Lipinski definition) is 3. The van der Waals surface area contributed by atoms with E-state index in [9.17, 15) is 13.2 Å². The van der Waals surface area contributed by atoms with E-state index in [1.165, 1.54) is 23.5 Å². The molecule has 1 aromatic carbocycles. The van der Waals surface area contributed by atoms with Crippen LogP contribution in [0.3, 0.4) is 0 Å². The van der Waals surface area contributed by atoms with Gasteiger partial charge in [-0.2, -0.15) is 13.2 Å². The van der Waals surface area contributed by atoms with Crippen molar-refractivity contribution < 1.29 is 13.2 Å². The normalized spacial score (nSPS) is 12.5. The van der Waals surface area contributed by atoms with Gasteiger partial charge >= 0.3 is 6.18 Å². The van der Waals surface area contributed by atoms with Gasteiger partial charge in [-0.3, -0.25) is 0 Å². The molecule has 114 valence electrons. The van der Waals surface area contributed by atoms with Crippen molar-refractivity contribution in [3.63, 3.8) is 0 Å². The molecule has 21 heavy (non-hydrogen) atoms. The Labute approximate surface area is 126 Å². The van der Waals surface area contributed by atoms with E-state index in [1.54, 1.807) is 6.07 Å². The van der Waals surface area contributed by atoms with Crippen LogP contribution >= 0.6 is 11.3 Å². The topological polar surface area (TPSA) is 24.9 Å². The van der Waals surface area contributed by atoms with Gasteiger partial charge < -0.3 is 5.32 Å². The molecule has 0 radical (unpaired) electrons. The van der Waals surface area contributed by atoms with Crippen LogP contribution in [0.2, 0.25) is 0 Å². The lowest BCUT2D eigenvalue weighted by Gasteiger charge is -2.14. The average molecular weight is 314 g/mol. The van der Waals surface area contributed by atoms with Gasteiger partial charge in [-0.25, -0.2) is 4.98 Å². The van der Waals surface area contributed by atoms with Gasteiger partial charge in [0.05, 0.1) is 22.8 Å². The minimum Gasteiger partial charge on any atom is -0.379 e. The molecule has 0 saturated carbocycles. The second-order valence-electron chi connectivity index (χ2n) is 5.79. The maximum absolute atomic E-state index is 12.9. The first-order valence-electron chi connectivity index (χ1n) is 6.53. The number of hydrogen-bond donors (Lipinski definition) is 1. The predicted molar refractivity (Wildman–Crippen MR) is 79.6 cm³/mol. The van der Waals surface area contributed by atoms with E-state index < -0.39 is 11.7 Å². The lowest BCUT2D eigenvalue weighted by molar-refractivity contribution is -0.136. The molecular weight excluding hydrogens is 297 g/mol. The number of alkyl halides is 3. The molecule has 2 aromatic rings. The molecule has 2 rings (SSSR count). The van der Waals surface area contributed by atoms with Crippen molar-refractivity contribution in [1.29, 1.82) is 0 Å². The molecule has 0 aliphatic carbocycles. The van der Waals surface area contributed by atoms with Gasteiger partial charge in [0.2, 0.25) is 0 Å². The van der Waals surface area contributed by atoms with Gasteiger partial charge in [0, 0.05) is 16.5 Å². The fourth-order valence-corrected chi connectivity index (χ4v) is 2.71. The van der Waals surface area contributed by atoms with E-state index in [-0.39, 0.29) is 17.6 Å². The predicted octanol–water partition coefficient (Wildman–Crippen LogP) is 5.07. The van der Waals surface area contributed by atoms with E-state index in [2.05, 4.69) is 31.1 Å². The standard InChI is InChI=1S/C15H17F3N2S/c1-14(2,3)13-20-10(9-21-13)8-19-12-7-5-4-6-11(12)15(16,17)18/h4-7,9,19H,8H2,1-3H3. The highest BCUT2D eigenvalue weighted by Crippen LogP contribution is 2.34. The van der Waals surface area contributed by atoms with E-state index in [4.69, 9.17) is 0 Å². The van der Waals surface area contributed by atoms with Gasteiger partial charge in [-0.15, -0.1) is 11.3 Å². The van der Waals surface area contributed by atoms with Crippen LogP contribution in [0.15, 0.2) is 29.6 Å². The number of aromatic nitrogens is 1. The number of halogens is 3. The first-order valence-corrected chi connectivity index (χ1v) is 7.41. The van der Waals surface area contributed by atoms with Crippen LogP contribution < -0.4 is 5.32 Å². The fraction of sp³-hybridized carbons (Fsp3) is 0.400. The summed E-state index contributed by atoms with van der Waals surface area (Å²) in [5.74, 6) is 0. The van der Waals surface area contributed by atoms with Crippen LogP contribution in [-0.2, 0) is 18.1 Å². The van der Waals surface area contributed by atoms with Crippen LogP contribution in [0.1, 0.15) is 37.0 Å². The minimum atomic E-state index is -4.36. The molecule has 1 N–H and O–H groups in total. The maximum atomic E-state index is 12.9. The Morgan fingerprint density at radius 3 is 2.38 bits per heavy atom. The second kappa shape index (κ2) is 5.67. The third-order valence-corrected chi connectivity index (χ3v) is 4.20. The number of rotatable bonds is 3. The lowest BCUT2D eigenvalue weighted by Crippen LogP contribution is -2.12. The molecule has 1 aromatic heterocycles. The summed E-state index contributed by atoms with van der Waals surface area (Å²) in [5.41, 5.74) is 0.126. The van der Waals surface area contributed by atoms with E-state index in [1.807, 2.05) is 5.38 Å². The third kappa shape index (κ3) is 3.97. The van der Waals surface area contributed by atoms with Crippen molar-refractivity contribution in [1.82, 2.24) is 4.98 Å². The number of anilines is 1. The quantitative estimate of drug-likeness (QED) is 0.855. The number of benzene rings is 1. The van der Waals surface area contributed by atoms with Crippen LogP contribution in [0.5, 0.6) is 0 Å². The van der Waals surface area contributed by atoms with Crippen LogP contribution in [-0.4, -0.2) is 4.98 Å². The summed E-state index contributed by atoms with van der Waals surface area (Å²) in [6.07, 6.45) is -4.36. The van der Waals surface area contributed by atoms with Crippen molar-refractivity contribution in [2.75, 3.05) is 5.32 Å². The summed E-state index contributed by atoms with van der Waals surface area (Å²) >= 11 is 1.53. The molecule has 0 aliphatic heterocycles. The summed E-state index contributed by atoms with van der Waals surface area (Å²) in [6.45, 7) is 6.45. The monoisotopic (exact) mass is 314 g/mol. The van der Waals surface area contributed by atoms with E-state index >= 15 is 0 Å². The highest BCUT2D eigenvalue weighted by Gasteiger charge is 2.33. The highest BCUT2D eigenvalue weighted by molar-refractivity contribution is 7.09. The second-order valence-corrected chi connectivity index (χ2v) is 6.65. The summed E-state index contributed by atoms with van der Waals surface area (Å²) in [7, 11) is 0. The lowest BCUT2D eigenvalue weighted by atomic mass is 9.98. The van der Waals surface area contributed by atoms with Crippen LogP contribution in [0, 0.1) is 0 Å². The van der Waals surface area contributed by atoms with Gasteiger partial charge in [0.1, 0.15) is 0 Å². The van der Waals surface area contributed by atoms with Crippen LogP contribution in [0.25, 0.3) is 0 Å². The van der Waals surface area contributed by atoms with Crippen molar-refractivity contribution in [3.05, 3.63) is 45.9 Å². The Hall–Kier alpha value is -1.56. The molecule has 0 unspecified atom stereocenters. The summed E-state index contributed by atoms with van der Waals surface area (Å²) < 4.78 is 38.6. The molecule has 0 spiro atoms. The largest absolute Gasteiger partial charge is 0.418 e. The van der Waals surface area contributed by atoms with Gasteiger partial charge in [-0.1, -0.05) is 32.9 Å². The summed E-state index contributed by atoms with van der Waals surface area (Å²) in [6, 6.07) is 5.47. The number of para-hydroxylation sites is 1. The van der Waals surface area contributed by atoms with Crippen molar-refractivity contribution >= 4 is 17.0 Å². The molecule has 0 saturated heterocycles. The SMILES string of the molecule is CC(C)(C)c1nc(CNc2ccccc2C(F)(F)F)cs1. The Morgan fingerprint density at radius 1 is 1.14 bits per heavy atom. The van der Waals surface area contributed by atoms with Crippen molar-refractivity contribution in [2.45, 2.75) is 38.9 Å². The van der Waals surface area contributed by atoms with Crippen molar-refractivity contribution in [2.24, 2.45) is 0 Å². The van der Waals surface area contributed by atoms with Gasteiger partial charge in [0.15, 0.2) is 0 Å². The summed E-state index contributed by atoms with van der Waals surface area (Å²) in [5, 5.41) is 5.68. The zero-order valence-electron chi connectivity index (χ0n) is 12.1. The molecule has 0 bridgehead atoms. The number of thiazole rings is 1. The van der Waals surface area contributed by atoms with Gasteiger partial charge in [0.25, 0.3) is 0 Å². The smallest absolute Gasteiger partial charge is 0.379 e. The Bertz CT molecular complexity index is 612. The van der Waals surface area contributed by atoms with Crippen LogP contribution in [0.4, 0.5) is 18.9 Å².